The SMILES string of the molecule is C1CCOCC1.COc1nc(-c2cccc(-c3cccc(Nc4ncnc5c4c(=O)n(C)c(=O)n5C)c3C)c2Cl)cc2c1CCC2. The van der Waals surface area contributed by atoms with E-state index in [4.69, 9.17) is 26.1 Å². The molecule has 2 aromatic carbocycles. The fourth-order valence-electron chi connectivity index (χ4n) is 6.16. The summed E-state index contributed by atoms with van der Waals surface area (Å²) >= 11 is 7.06. The van der Waals surface area contributed by atoms with Gasteiger partial charge in [-0.05, 0) is 74.3 Å². The van der Waals surface area contributed by atoms with Gasteiger partial charge in [-0.15, -0.1) is 0 Å². The number of halogens is 1. The Bertz CT molecular complexity index is 2040. The van der Waals surface area contributed by atoms with Crippen molar-refractivity contribution >= 4 is 34.1 Å². The number of aromatic nitrogens is 5. The van der Waals surface area contributed by atoms with Crippen molar-refractivity contribution in [2.45, 2.75) is 45.4 Å². The molecule has 238 valence electrons. The van der Waals surface area contributed by atoms with Gasteiger partial charge >= 0.3 is 5.69 Å². The van der Waals surface area contributed by atoms with Gasteiger partial charge in [0.2, 0.25) is 5.88 Å². The molecule has 0 bridgehead atoms. The van der Waals surface area contributed by atoms with Crippen molar-refractivity contribution in [1.29, 1.82) is 0 Å². The van der Waals surface area contributed by atoms with E-state index < -0.39 is 11.2 Å². The predicted octanol–water partition coefficient (Wildman–Crippen LogP) is 6.15. The highest BCUT2D eigenvalue weighted by molar-refractivity contribution is 6.36. The number of methoxy groups -OCH3 is 1. The van der Waals surface area contributed by atoms with Crippen molar-refractivity contribution in [2.24, 2.45) is 14.1 Å². The maximum atomic E-state index is 13.0. The number of nitrogens with one attached hydrogen (secondary N) is 1. The van der Waals surface area contributed by atoms with Crippen LogP contribution in [0.5, 0.6) is 5.88 Å². The van der Waals surface area contributed by atoms with Crippen LogP contribution in [0.2, 0.25) is 5.02 Å². The van der Waals surface area contributed by atoms with E-state index in [0.29, 0.717) is 16.7 Å². The summed E-state index contributed by atoms with van der Waals surface area (Å²) in [5.74, 6) is 0.977. The highest BCUT2D eigenvalue weighted by atomic mass is 35.5. The molecule has 1 aliphatic carbocycles. The molecule has 7 rings (SSSR count). The van der Waals surface area contributed by atoms with Gasteiger partial charge in [0.25, 0.3) is 5.56 Å². The van der Waals surface area contributed by atoms with E-state index in [-0.39, 0.29) is 11.0 Å². The summed E-state index contributed by atoms with van der Waals surface area (Å²) in [6.45, 7) is 3.98. The molecule has 1 saturated heterocycles. The summed E-state index contributed by atoms with van der Waals surface area (Å²) in [5.41, 5.74) is 6.81. The summed E-state index contributed by atoms with van der Waals surface area (Å²) in [6, 6.07) is 13.9. The van der Waals surface area contributed by atoms with E-state index in [1.54, 1.807) is 14.2 Å². The monoisotopic (exact) mass is 640 g/mol. The zero-order valence-corrected chi connectivity index (χ0v) is 27.3. The maximum absolute atomic E-state index is 13.0. The molecule has 2 aliphatic rings. The summed E-state index contributed by atoms with van der Waals surface area (Å²) in [4.78, 5) is 38.7. The summed E-state index contributed by atoms with van der Waals surface area (Å²) in [7, 11) is 4.67. The molecular formula is C35H37ClN6O4. The first-order chi connectivity index (χ1) is 22.3. The number of hydrogen-bond donors (Lipinski definition) is 1. The lowest BCUT2D eigenvalue weighted by Crippen LogP contribution is -2.37. The minimum Gasteiger partial charge on any atom is -0.481 e. The van der Waals surface area contributed by atoms with Crippen molar-refractivity contribution in [1.82, 2.24) is 24.1 Å². The Labute approximate surface area is 272 Å². The average Bonchev–Trinajstić information content (AvgIpc) is 3.57. The molecule has 3 aromatic heterocycles. The molecule has 0 spiro atoms. The molecule has 46 heavy (non-hydrogen) atoms. The lowest BCUT2D eigenvalue weighted by atomic mass is 9.96. The number of pyridine rings is 1. The van der Waals surface area contributed by atoms with Gasteiger partial charge in [0.05, 0.1) is 17.8 Å². The predicted molar refractivity (Wildman–Crippen MR) is 181 cm³/mol. The number of nitrogens with zero attached hydrogens (tertiary/aromatic N) is 5. The molecule has 4 heterocycles. The smallest absolute Gasteiger partial charge is 0.332 e. The molecule has 1 aliphatic heterocycles. The van der Waals surface area contributed by atoms with E-state index in [2.05, 4.69) is 21.4 Å². The first kappa shape index (κ1) is 31.4. The average molecular weight is 641 g/mol. The van der Waals surface area contributed by atoms with Crippen LogP contribution in [0.4, 0.5) is 11.5 Å². The Balaban J connectivity index is 0.000000557. The molecule has 11 heteroatoms. The summed E-state index contributed by atoms with van der Waals surface area (Å²) in [6.07, 6.45) is 8.33. The van der Waals surface area contributed by atoms with E-state index in [9.17, 15) is 9.59 Å². The van der Waals surface area contributed by atoms with Gasteiger partial charge in [0.15, 0.2) is 5.65 Å². The minimum absolute atomic E-state index is 0.230. The van der Waals surface area contributed by atoms with E-state index in [0.717, 1.165) is 70.7 Å². The number of ether oxygens (including phenoxy) is 2. The molecule has 0 saturated carbocycles. The summed E-state index contributed by atoms with van der Waals surface area (Å²) < 4.78 is 13.1. The van der Waals surface area contributed by atoms with Gasteiger partial charge in [-0.25, -0.2) is 19.7 Å². The molecule has 0 atom stereocenters. The second kappa shape index (κ2) is 13.4. The molecule has 1 fully saturated rings. The summed E-state index contributed by atoms with van der Waals surface area (Å²) in [5, 5.41) is 4.12. The normalized spacial score (nSPS) is 14.0. The molecule has 0 radical (unpaired) electrons. The van der Waals surface area contributed by atoms with Crippen molar-refractivity contribution in [2.75, 3.05) is 25.6 Å². The van der Waals surface area contributed by atoms with Crippen molar-refractivity contribution in [3.8, 4) is 28.3 Å². The number of hydrogen-bond acceptors (Lipinski definition) is 8. The Hall–Kier alpha value is -4.54. The van der Waals surface area contributed by atoms with Crippen LogP contribution in [0, 0.1) is 6.92 Å². The molecule has 0 amide bonds. The van der Waals surface area contributed by atoms with Crippen molar-refractivity contribution < 1.29 is 9.47 Å². The van der Waals surface area contributed by atoms with Gasteiger partial charge in [-0.3, -0.25) is 13.9 Å². The quantitative estimate of drug-likeness (QED) is 0.244. The van der Waals surface area contributed by atoms with E-state index in [1.807, 2.05) is 43.3 Å². The van der Waals surface area contributed by atoms with Crippen LogP contribution in [0.25, 0.3) is 33.4 Å². The highest BCUT2D eigenvalue weighted by Gasteiger charge is 2.22. The van der Waals surface area contributed by atoms with Crippen LogP contribution in [0.15, 0.2) is 58.4 Å². The zero-order valence-electron chi connectivity index (χ0n) is 26.5. The molecular weight excluding hydrogens is 604 g/mol. The number of fused-ring (bicyclic) bond motifs is 2. The standard InChI is InChI=1S/C30H27ClN6O3.C5H10O/c1-16-18(20-11-6-12-21(25(20)31)23-14-17-8-5-10-19(17)28(35-23)40-4)9-7-13-22(16)34-26-24-27(33-15-32-26)36(2)30(39)37(3)29(24)38;1-2-4-6-5-3-1/h6-7,9,11-15H,5,8,10H2,1-4H3,(H,32,33,34);1-5H2. The number of rotatable bonds is 5. The number of anilines is 2. The molecule has 5 aromatic rings. The first-order valence-electron chi connectivity index (χ1n) is 15.5. The lowest BCUT2D eigenvalue weighted by Gasteiger charge is -2.17. The third kappa shape index (κ3) is 5.90. The largest absolute Gasteiger partial charge is 0.481 e. The van der Waals surface area contributed by atoms with Crippen LogP contribution in [-0.2, 0) is 31.7 Å². The van der Waals surface area contributed by atoms with Crippen molar-refractivity contribution in [3.63, 3.8) is 0 Å². The lowest BCUT2D eigenvalue weighted by molar-refractivity contribution is 0.0968. The van der Waals surface area contributed by atoms with Gasteiger partial charge in [-0.1, -0.05) is 41.9 Å². The van der Waals surface area contributed by atoms with E-state index in [1.165, 1.54) is 48.3 Å². The van der Waals surface area contributed by atoms with Crippen LogP contribution >= 0.6 is 11.6 Å². The Kier molecular flexibility index (Phi) is 9.19. The highest BCUT2D eigenvalue weighted by Crippen LogP contribution is 2.41. The van der Waals surface area contributed by atoms with Crippen LogP contribution in [0.1, 0.15) is 42.4 Å². The number of benzene rings is 2. The van der Waals surface area contributed by atoms with Gasteiger partial charge in [0.1, 0.15) is 17.5 Å². The fraction of sp³-hybridized carbons (Fsp3) is 0.343. The number of aryl methyl sites for hydroxylation is 2. The maximum Gasteiger partial charge on any atom is 0.332 e. The van der Waals surface area contributed by atoms with Gasteiger partial charge < -0.3 is 14.8 Å². The van der Waals surface area contributed by atoms with Gasteiger partial charge in [0, 0.05) is 49.7 Å². The molecule has 0 unspecified atom stereocenters. The second-order valence-corrected chi connectivity index (χ2v) is 12.0. The topological polar surface area (TPSA) is 113 Å². The zero-order chi connectivity index (χ0) is 32.4. The van der Waals surface area contributed by atoms with Gasteiger partial charge in [-0.2, -0.15) is 0 Å². The first-order valence-corrected chi connectivity index (χ1v) is 15.9. The van der Waals surface area contributed by atoms with Crippen LogP contribution in [-0.4, -0.2) is 44.4 Å². The van der Waals surface area contributed by atoms with Crippen LogP contribution in [0.3, 0.4) is 0 Å². The van der Waals surface area contributed by atoms with Crippen LogP contribution < -0.4 is 21.3 Å². The Morgan fingerprint density at radius 2 is 1.65 bits per heavy atom. The fourth-order valence-corrected chi connectivity index (χ4v) is 6.48. The minimum atomic E-state index is -0.469. The second-order valence-electron chi connectivity index (χ2n) is 11.6. The Morgan fingerprint density at radius 1 is 0.913 bits per heavy atom. The molecule has 1 N–H and O–H groups in total. The molecule has 10 nitrogen and oxygen atoms in total. The van der Waals surface area contributed by atoms with Crippen molar-refractivity contribution in [3.05, 3.63) is 91.3 Å². The third-order valence-electron chi connectivity index (χ3n) is 8.71. The Morgan fingerprint density at radius 3 is 2.37 bits per heavy atom. The van der Waals surface area contributed by atoms with E-state index >= 15 is 0 Å². The third-order valence-corrected chi connectivity index (χ3v) is 9.12.